The van der Waals surface area contributed by atoms with Gasteiger partial charge in [0.25, 0.3) is 5.91 Å². The molecule has 3 rings (SSSR count). The van der Waals surface area contributed by atoms with E-state index in [1.165, 1.54) is 5.56 Å². The average molecular weight is 273 g/mol. The maximum Gasteiger partial charge on any atom is 0.253 e. The first-order valence-corrected chi connectivity index (χ1v) is 7.10. The summed E-state index contributed by atoms with van der Waals surface area (Å²) in [5.74, 6) is -0.505. The van der Waals surface area contributed by atoms with Crippen LogP contribution in [-0.4, -0.2) is 36.3 Å². The summed E-state index contributed by atoms with van der Waals surface area (Å²) in [5.41, 5.74) is 8.38. The Bertz CT molecular complexity index is 556. The maximum absolute atomic E-state index is 12.5. The van der Waals surface area contributed by atoms with Crippen molar-refractivity contribution in [1.29, 1.82) is 0 Å². The van der Waals surface area contributed by atoms with Crippen LogP contribution < -0.4 is 11.1 Å². The molecule has 5 nitrogen and oxygen atoms in total. The number of amides is 2. The van der Waals surface area contributed by atoms with E-state index in [0.29, 0.717) is 18.7 Å². The molecule has 0 aromatic heterocycles. The number of piperidine rings is 1. The van der Waals surface area contributed by atoms with Gasteiger partial charge in [0.1, 0.15) is 0 Å². The molecular weight excluding hydrogens is 254 g/mol. The van der Waals surface area contributed by atoms with E-state index < -0.39 is 0 Å². The molecule has 0 saturated carbocycles. The molecule has 1 fully saturated rings. The predicted molar refractivity (Wildman–Crippen MR) is 76.5 cm³/mol. The third-order valence-corrected chi connectivity index (χ3v) is 4.17. The van der Waals surface area contributed by atoms with Gasteiger partial charge in [0.05, 0.1) is 5.92 Å². The minimum Gasteiger partial charge on any atom is -0.384 e. The van der Waals surface area contributed by atoms with Gasteiger partial charge in [-0.15, -0.1) is 0 Å². The van der Waals surface area contributed by atoms with Crippen LogP contribution in [0.4, 0.5) is 5.69 Å². The minimum absolute atomic E-state index is 0.00523. The number of hydrogen-bond acceptors (Lipinski definition) is 3. The molecule has 0 aliphatic carbocycles. The molecule has 5 heteroatoms. The van der Waals surface area contributed by atoms with E-state index in [2.05, 4.69) is 5.32 Å². The van der Waals surface area contributed by atoms with Crippen LogP contribution >= 0.6 is 0 Å². The molecule has 0 spiro atoms. The van der Waals surface area contributed by atoms with E-state index in [1.54, 1.807) is 4.90 Å². The summed E-state index contributed by atoms with van der Waals surface area (Å²) in [6.45, 7) is 2.09. The summed E-state index contributed by atoms with van der Waals surface area (Å²) >= 11 is 0. The van der Waals surface area contributed by atoms with E-state index in [-0.39, 0.29) is 17.7 Å². The molecule has 0 radical (unpaired) electrons. The molecule has 0 bridgehead atoms. The SMILES string of the molecule is NC(=O)C1CCCN(C(=O)c2ccc3c(c2)CCN3)C1. The lowest BCUT2D eigenvalue weighted by Gasteiger charge is -2.31. The van der Waals surface area contributed by atoms with Crippen LogP contribution in [0.5, 0.6) is 0 Å². The third kappa shape index (κ3) is 2.35. The highest BCUT2D eigenvalue weighted by Crippen LogP contribution is 2.25. The second-order valence-corrected chi connectivity index (χ2v) is 5.54. The lowest BCUT2D eigenvalue weighted by atomic mass is 9.96. The number of benzene rings is 1. The number of hydrogen-bond donors (Lipinski definition) is 2. The number of nitrogens with zero attached hydrogens (tertiary/aromatic N) is 1. The van der Waals surface area contributed by atoms with Crippen molar-refractivity contribution in [3.05, 3.63) is 29.3 Å². The highest BCUT2D eigenvalue weighted by atomic mass is 16.2. The Kier molecular flexibility index (Phi) is 3.34. The molecule has 2 amide bonds. The maximum atomic E-state index is 12.5. The largest absolute Gasteiger partial charge is 0.384 e. The zero-order valence-electron chi connectivity index (χ0n) is 11.4. The van der Waals surface area contributed by atoms with Crippen LogP contribution in [0.25, 0.3) is 0 Å². The highest BCUT2D eigenvalue weighted by Gasteiger charge is 2.27. The van der Waals surface area contributed by atoms with E-state index in [4.69, 9.17) is 5.73 Å². The molecule has 3 N–H and O–H groups in total. The summed E-state index contributed by atoms with van der Waals surface area (Å²) in [6, 6.07) is 5.78. The number of rotatable bonds is 2. The second-order valence-electron chi connectivity index (χ2n) is 5.54. The topological polar surface area (TPSA) is 75.4 Å². The summed E-state index contributed by atoms with van der Waals surface area (Å²) in [7, 11) is 0. The van der Waals surface area contributed by atoms with Gasteiger partial charge in [0, 0.05) is 30.9 Å². The average Bonchev–Trinajstić information content (AvgIpc) is 2.94. The van der Waals surface area contributed by atoms with Crippen LogP contribution in [-0.2, 0) is 11.2 Å². The van der Waals surface area contributed by atoms with Gasteiger partial charge >= 0.3 is 0 Å². The smallest absolute Gasteiger partial charge is 0.253 e. The molecule has 2 aliphatic rings. The molecular formula is C15H19N3O2. The summed E-state index contributed by atoms with van der Waals surface area (Å²) in [4.78, 5) is 25.6. The molecule has 20 heavy (non-hydrogen) atoms. The Labute approximate surface area is 118 Å². The van der Waals surface area contributed by atoms with Gasteiger partial charge in [-0.2, -0.15) is 0 Å². The van der Waals surface area contributed by atoms with E-state index >= 15 is 0 Å². The molecule has 2 aliphatic heterocycles. The van der Waals surface area contributed by atoms with Crippen molar-refractivity contribution < 1.29 is 9.59 Å². The number of likely N-dealkylation sites (tertiary alicyclic amines) is 1. The Morgan fingerprint density at radius 1 is 1.35 bits per heavy atom. The molecule has 2 heterocycles. The Morgan fingerprint density at radius 2 is 2.20 bits per heavy atom. The first-order chi connectivity index (χ1) is 9.65. The Balaban J connectivity index is 1.76. The standard InChI is InChI=1S/C15H19N3O2/c16-14(19)12-2-1-7-18(9-12)15(20)11-3-4-13-10(8-11)5-6-17-13/h3-4,8,12,17H,1-2,5-7,9H2,(H2,16,19). The number of carbonyl (C=O) groups excluding carboxylic acids is 2. The van der Waals surface area contributed by atoms with Gasteiger partial charge in [0.15, 0.2) is 0 Å². The van der Waals surface area contributed by atoms with E-state index in [9.17, 15) is 9.59 Å². The fourth-order valence-corrected chi connectivity index (χ4v) is 3.01. The van der Waals surface area contributed by atoms with Crippen molar-refractivity contribution in [3.63, 3.8) is 0 Å². The van der Waals surface area contributed by atoms with Gasteiger partial charge in [-0.3, -0.25) is 9.59 Å². The number of fused-ring (bicyclic) bond motifs is 1. The van der Waals surface area contributed by atoms with E-state index in [1.807, 2.05) is 18.2 Å². The number of anilines is 1. The molecule has 1 aromatic carbocycles. The molecule has 1 aromatic rings. The number of nitrogens with one attached hydrogen (secondary N) is 1. The fourth-order valence-electron chi connectivity index (χ4n) is 3.01. The first-order valence-electron chi connectivity index (χ1n) is 7.10. The van der Waals surface area contributed by atoms with Crippen LogP contribution in [0, 0.1) is 5.92 Å². The van der Waals surface area contributed by atoms with Crippen molar-refractivity contribution in [2.75, 3.05) is 25.0 Å². The molecule has 1 saturated heterocycles. The zero-order valence-corrected chi connectivity index (χ0v) is 11.4. The Hall–Kier alpha value is -2.04. The van der Waals surface area contributed by atoms with Crippen LogP contribution in [0.15, 0.2) is 18.2 Å². The van der Waals surface area contributed by atoms with E-state index in [0.717, 1.165) is 31.5 Å². The van der Waals surface area contributed by atoms with Gasteiger partial charge in [-0.1, -0.05) is 0 Å². The minimum atomic E-state index is -0.305. The van der Waals surface area contributed by atoms with Crippen molar-refractivity contribution in [3.8, 4) is 0 Å². The van der Waals surface area contributed by atoms with Crippen LogP contribution in [0.1, 0.15) is 28.8 Å². The number of carbonyl (C=O) groups is 2. The van der Waals surface area contributed by atoms with Crippen molar-refractivity contribution in [2.24, 2.45) is 11.7 Å². The lowest BCUT2D eigenvalue weighted by molar-refractivity contribution is -0.123. The van der Waals surface area contributed by atoms with Gasteiger partial charge in [-0.05, 0) is 43.0 Å². The molecule has 1 atom stereocenters. The monoisotopic (exact) mass is 273 g/mol. The summed E-state index contributed by atoms with van der Waals surface area (Å²) in [5, 5.41) is 3.28. The lowest BCUT2D eigenvalue weighted by Crippen LogP contribution is -2.44. The molecule has 106 valence electrons. The highest BCUT2D eigenvalue weighted by molar-refractivity contribution is 5.95. The van der Waals surface area contributed by atoms with Crippen LogP contribution in [0.2, 0.25) is 0 Å². The summed E-state index contributed by atoms with van der Waals surface area (Å²) in [6.07, 6.45) is 2.58. The normalized spacial score (nSPS) is 21.2. The molecule has 1 unspecified atom stereocenters. The number of nitrogens with two attached hydrogens (primary N) is 1. The third-order valence-electron chi connectivity index (χ3n) is 4.17. The second kappa shape index (κ2) is 5.15. The van der Waals surface area contributed by atoms with Gasteiger partial charge < -0.3 is 16.0 Å². The zero-order chi connectivity index (χ0) is 14.1. The fraction of sp³-hybridized carbons (Fsp3) is 0.467. The summed E-state index contributed by atoms with van der Waals surface area (Å²) < 4.78 is 0. The quantitative estimate of drug-likeness (QED) is 0.844. The predicted octanol–water partition coefficient (Wildman–Crippen LogP) is 0.992. The first kappa shape index (κ1) is 13.0. The number of primary amides is 1. The van der Waals surface area contributed by atoms with Crippen molar-refractivity contribution in [2.45, 2.75) is 19.3 Å². The van der Waals surface area contributed by atoms with Crippen LogP contribution in [0.3, 0.4) is 0 Å². The van der Waals surface area contributed by atoms with Crippen molar-refractivity contribution in [1.82, 2.24) is 4.90 Å². The van der Waals surface area contributed by atoms with Gasteiger partial charge in [-0.25, -0.2) is 0 Å². The Morgan fingerprint density at radius 3 is 3.00 bits per heavy atom. The van der Waals surface area contributed by atoms with Crippen molar-refractivity contribution >= 4 is 17.5 Å². The van der Waals surface area contributed by atoms with Gasteiger partial charge in [0.2, 0.25) is 5.91 Å².